The molecule has 1 N–H and O–H groups in total. The van der Waals surface area contributed by atoms with Crippen molar-refractivity contribution in [1.82, 2.24) is 5.32 Å². The molecule has 0 amide bonds. The van der Waals surface area contributed by atoms with Crippen LogP contribution < -0.4 is 10.1 Å². The summed E-state index contributed by atoms with van der Waals surface area (Å²) in [4.78, 5) is 0. The van der Waals surface area contributed by atoms with Crippen molar-refractivity contribution in [3.05, 3.63) is 29.8 Å². The Morgan fingerprint density at radius 3 is 2.20 bits per heavy atom. The minimum Gasteiger partial charge on any atom is -0.490 e. The van der Waals surface area contributed by atoms with Crippen molar-refractivity contribution in [2.75, 3.05) is 0 Å². The maximum atomic E-state index is 6.00. The lowest BCUT2D eigenvalue weighted by Gasteiger charge is -2.23. The molecule has 3 rings (SSSR count). The van der Waals surface area contributed by atoms with Gasteiger partial charge in [0.25, 0.3) is 0 Å². The lowest BCUT2D eigenvalue weighted by molar-refractivity contribution is 0.210. The van der Waals surface area contributed by atoms with Crippen molar-refractivity contribution in [3.63, 3.8) is 0 Å². The van der Waals surface area contributed by atoms with Gasteiger partial charge < -0.3 is 10.1 Å². The van der Waals surface area contributed by atoms with Gasteiger partial charge in [0, 0.05) is 12.6 Å². The number of hydrogen-bond donors (Lipinski definition) is 1. The average Bonchev–Trinajstić information content (AvgIpc) is 3.01. The van der Waals surface area contributed by atoms with E-state index in [9.17, 15) is 0 Å². The van der Waals surface area contributed by atoms with Crippen LogP contribution in [0.15, 0.2) is 24.3 Å². The molecule has 0 unspecified atom stereocenters. The number of rotatable bonds is 5. The van der Waals surface area contributed by atoms with Crippen LogP contribution in [-0.4, -0.2) is 12.1 Å². The molecular formula is C18H27NO. The summed E-state index contributed by atoms with van der Waals surface area (Å²) in [5.41, 5.74) is 1.37. The van der Waals surface area contributed by atoms with E-state index in [-0.39, 0.29) is 0 Å². The van der Waals surface area contributed by atoms with Gasteiger partial charge in [-0.15, -0.1) is 0 Å². The van der Waals surface area contributed by atoms with Crippen LogP contribution in [0.4, 0.5) is 0 Å². The van der Waals surface area contributed by atoms with Crippen LogP contribution in [0.1, 0.15) is 63.4 Å². The molecule has 2 heteroatoms. The molecule has 1 aromatic rings. The molecule has 110 valence electrons. The van der Waals surface area contributed by atoms with Gasteiger partial charge in [0.15, 0.2) is 0 Å². The van der Waals surface area contributed by atoms with Crippen molar-refractivity contribution >= 4 is 0 Å². The molecule has 0 aliphatic heterocycles. The molecule has 0 saturated heterocycles. The van der Waals surface area contributed by atoms with Crippen LogP contribution in [0, 0.1) is 0 Å². The molecule has 2 aliphatic rings. The lowest BCUT2D eigenvalue weighted by atomic mass is 9.95. The van der Waals surface area contributed by atoms with Crippen LogP contribution in [0.5, 0.6) is 5.75 Å². The minimum atomic E-state index is 0.459. The van der Waals surface area contributed by atoms with E-state index in [0.29, 0.717) is 6.10 Å². The largest absolute Gasteiger partial charge is 0.490 e. The molecular weight excluding hydrogens is 246 g/mol. The Bertz CT molecular complexity index is 388. The topological polar surface area (TPSA) is 21.3 Å². The van der Waals surface area contributed by atoms with E-state index >= 15 is 0 Å². The SMILES string of the molecule is c1cc(OC2CCCC2)ccc1CNC1CCCCC1. The van der Waals surface area contributed by atoms with E-state index in [1.54, 1.807) is 0 Å². The maximum Gasteiger partial charge on any atom is 0.119 e. The van der Waals surface area contributed by atoms with E-state index in [2.05, 4.69) is 29.6 Å². The molecule has 0 spiro atoms. The highest BCUT2D eigenvalue weighted by Gasteiger charge is 2.16. The second-order valence-electron chi connectivity index (χ2n) is 6.38. The molecule has 20 heavy (non-hydrogen) atoms. The van der Waals surface area contributed by atoms with Crippen molar-refractivity contribution in [2.24, 2.45) is 0 Å². The maximum absolute atomic E-state index is 6.00. The Morgan fingerprint density at radius 1 is 0.850 bits per heavy atom. The molecule has 2 fully saturated rings. The Balaban J connectivity index is 1.45. The zero-order valence-corrected chi connectivity index (χ0v) is 12.4. The van der Waals surface area contributed by atoms with Crippen LogP contribution in [0.2, 0.25) is 0 Å². The van der Waals surface area contributed by atoms with Crippen LogP contribution >= 0.6 is 0 Å². The third kappa shape index (κ3) is 3.99. The highest BCUT2D eigenvalue weighted by molar-refractivity contribution is 5.27. The van der Waals surface area contributed by atoms with Gasteiger partial charge in [-0.2, -0.15) is 0 Å². The predicted octanol–water partition coefficient (Wildman–Crippen LogP) is 4.43. The Labute approximate surface area is 122 Å². The number of benzene rings is 1. The Kier molecular flexibility index (Phi) is 4.96. The Morgan fingerprint density at radius 2 is 1.50 bits per heavy atom. The minimum absolute atomic E-state index is 0.459. The van der Waals surface area contributed by atoms with Gasteiger partial charge in [-0.1, -0.05) is 31.4 Å². The fraction of sp³-hybridized carbons (Fsp3) is 0.667. The molecule has 2 saturated carbocycles. The van der Waals surface area contributed by atoms with Crippen molar-refractivity contribution in [3.8, 4) is 5.75 Å². The average molecular weight is 273 g/mol. The van der Waals surface area contributed by atoms with Gasteiger partial charge >= 0.3 is 0 Å². The summed E-state index contributed by atoms with van der Waals surface area (Å²) in [6.45, 7) is 0.994. The van der Waals surface area contributed by atoms with Crippen LogP contribution in [0.25, 0.3) is 0 Å². The second-order valence-corrected chi connectivity index (χ2v) is 6.38. The molecule has 0 bridgehead atoms. The van der Waals surface area contributed by atoms with Crippen molar-refractivity contribution in [2.45, 2.75) is 76.5 Å². The Hall–Kier alpha value is -1.02. The molecule has 0 radical (unpaired) electrons. The zero-order valence-electron chi connectivity index (χ0n) is 12.4. The first-order valence-electron chi connectivity index (χ1n) is 8.39. The summed E-state index contributed by atoms with van der Waals surface area (Å²) in [6.07, 6.45) is 12.5. The number of nitrogens with one attached hydrogen (secondary N) is 1. The zero-order chi connectivity index (χ0) is 13.6. The summed E-state index contributed by atoms with van der Waals surface area (Å²) in [5.74, 6) is 1.04. The van der Waals surface area contributed by atoms with E-state index in [1.807, 2.05) is 0 Å². The van der Waals surface area contributed by atoms with Crippen LogP contribution in [0.3, 0.4) is 0 Å². The van der Waals surface area contributed by atoms with Gasteiger partial charge in [-0.05, 0) is 56.2 Å². The first-order chi connectivity index (χ1) is 9.90. The summed E-state index contributed by atoms with van der Waals surface area (Å²) >= 11 is 0. The van der Waals surface area contributed by atoms with Crippen LogP contribution in [-0.2, 0) is 6.54 Å². The molecule has 0 heterocycles. The quantitative estimate of drug-likeness (QED) is 0.857. The van der Waals surface area contributed by atoms with Crippen molar-refractivity contribution < 1.29 is 4.74 Å². The molecule has 0 aromatic heterocycles. The smallest absolute Gasteiger partial charge is 0.119 e. The highest BCUT2D eigenvalue weighted by Crippen LogP contribution is 2.24. The normalized spacial score (nSPS) is 21.2. The molecule has 2 nitrogen and oxygen atoms in total. The van der Waals surface area contributed by atoms with Gasteiger partial charge in [-0.3, -0.25) is 0 Å². The fourth-order valence-electron chi connectivity index (χ4n) is 3.45. The van der Waals surface area contributed by atoms with E-state index in [1.165, 1.54) is 63.4 Å². The standard InChI is InChI=1S/C18H27NO/c1-2-6-16(7-3-1)19-14-15-10-12-18(13-11-15)20-17-8-4-5-9-17/h10-13,16-17,19H,1-9,14H2. The van der Waals surface area contributed by atoms with Crippen molar-refractivity contribution in [1.29, 1.82) is 0 Å². The summed E-state index contributed by atoms with van der Waals surface area (Å²) in [6, 6.07) is 9.42. The summed E-state index contributed by atoms with van der Waals surface area (Å²) in [5, 5.41) is 3.69. The molecule has 2 aliphatic carbocycles. The van der Waals surface area contributed by atoms with E-state index in [0.717, 1.165) is 18.3 Å². The number of ether oxygens (including phenoxy) is 1. The lowest BCUT2D eigenvalue weighted by Crippen LogP contribution is -2.30. The van der Waals surface area contributed by atoms with Gasteiger partial charge in [0.05, 0.1) is 6.10 Å². The third-order valence-corrected chi connectivity index (χ3v) is 4.73. The second kappa shape index (κ2) is 7.12. The molecule has 0 atom stereocenters. The highest BCUT2D eigenvalue weighted by atomic mass is 16.5. The van der Waals surface area contributed by atoms with E-state index < -0.39 is 0 Å². The summed E-state index contributed by atoms with van der Waals surface area (Å²) < 4.78 is 6.00. The first kappa shape index (κ1) is 13.9. The fourth-order valence-corrected chi connectivity index (χ4v) is 3.45. The summed E-state index contributed by atoms with van der Waals surface area (Å²) in [7, 11) is 0. The van der Waals surface area contributed by atoms with Gasteiger partial charge in [-0.25, -0.2) is 0 Å². The first-order valence-corrected chi connectivity index (χ1v) is 8.39. The third-order valence-electron chi connectivity index (χ3n) is 4.73. The molecule has 1 aromatic carbocycles. The van der Waals surface area contributed by atoms with Gasteiger partial charge in [0.1, 0.15) is 5.75 Å². The van der Waals surface area contributed by atoms with Gasteiger partial charge in [0.2, 0.25) is 0 Å². The number of hydrogen-bond acceptors (Lipinski definition) is 2. The van der Waals surface area contributed by atoms with E-state index in [4.69, 9.17) is 4.74 Å². The monoisotopic (exact) mass is 273 g/mol. The predicted molar refractivity (Wildman–Crippen MR) is 83.0 cm³/mol.